The van der Waals surface area contributed by atoms with Crippen LogP contribution in [0, 0.1) is 11.8 Å². The van der Waals surface area contributed by atoms with E-state index >= 15 is 0 Å². The number of benzene rings is 1. The molecular weight excluding hydrogens is 288 g/mol. The third kappa shape index (κ3) is 4.12. The van der Waals surface area contributed by atoms with Crippen LogP contribution in [0.1, 0.15) is 41.6 Å². The lowest BCUT2D eigenvalue weighted by Gasteiger charge is -2.28. The van der Waals surface area contributed by atoms with Gasteiger partial charge in [0.15, 0.2) is 5.82 Å². The zero-order valence-electron chi connectivity index (χ0n) is 13.3. The van der Waals surface area contributed by atoms with E-state index in [2.05, 4.69) is 45.8 Å². The van der Waals surface area contributed by atoms with Gasteiger partial charge in [-0.3, -0.25) is 9.89 Å². The van der Waals surface area contributed by atoms with Crippen molar-refractivity contribution in [3.63, 3.8) is 0 Å². The normalized spacial score (nSPS) is 21.0. The van der Waals surface area contributed by atoms with Gasteiger partial charge in [0.05, 0.1) is 0 Å². The molecule has 1 saturated carbocycles. The van der Waals surface area contributed by atoms with E-state index in [-0.39, 0.29) is 11.7 Å². The lowest BCUT2D eigenvalue weighted by molar-refractivity contribution is 0.0942. The summed E-state index contributed by atoms with van der Waals surface area (Å²) in [5.41, 5.74) is 7.50. The summed E-state index contributed by atoms with van der Waals surface area (Å²) in [6.07, 6.45) is 7.55. The van der Waals surface area contributed by atoms with Gasteiger partial charge in [0.2, 0.25) is 0 Å². The Morgan fingerprint density at radius 1 is 1.17 bits per heavy atom. The molecule has 1 aromatic carbocycles. The maximum atomic E-state index is 12.0. The van der Waals surface area contributed by atoms with Gasteiger partial charge in [0, 0.05) is 12.7 Å². The third-order valence-corrected chi connectivity index (χ3v) is 4.80. The first-order chi connectivity index (χ1) is 11.2. The summed E-state index contributed by atoms with van der Waals surface area (Å²) in [4.78, 5) is 12.0. The van der Waals surface area contributed by atoms with E-state index in [0.717, 1.165) is 12.5 Å². The smallest absolute Gasteiger partial charge is 0.256 e. The van der Waals surface area contributed by atoms with E-state index in [1.807, 2.05) is 0 Å². The molecule has 0 saturated heterocycles. The second-order valence-corrected chi connectivity index (χ2v) is 6.47. The zero-order chi connectivity index (χ0) is 16.1. The lowest BCUT2D eigenvalue weighted by Crippen LogP contribution is -2.31. The topological polar surface area (TPSA) is 83.8 Å². The Hall–Kier alpha value is -2.30. The van der Waals surface area contributed by atoms with Crippen molar-refractivity contribution in [2.24, 2.45) is 11.8 Å². The Morgan fingerprint density at radius 3 is 2.52 bits per heavy atom. The molecule has 122 valence electrons. The number of rotatable bonds is 5. The molecule has 0 radical (unpaired) electrons. The van der Waals surface area contributed by atoms with Crippen LogP contribution in [0.2, 0.25) is 0 Å². The number of hydrogen-bond donors (Lipinski definition) is 3. The van der Waals surface area contributed by atoms with Gasteiger partial charge in [0.1, 0.15) is 5.56 Å². The predicted octanol–water partition coefficient (Wildman–Crippen LogP) is 2.77. The number of nitrogens with zero attached hydrogens (tertiary/aromatic N) is 1. The Kier molecular flexibility index (Phi) is 4.95. The molecule has 1 fully saturated rings. The van der Waals surface area contributed by atoms with Crippen molar-refractivity contribution < 1.29 is 4.79 Å². The molecule has 0 bridgehead atoms. The molecule has 1 amide bonds. The van der Waals surface area contributed by atoms with Crippen molar-refractivity contribution in [1.82, 2.24) is 15.5 Å². The molecule has 1 heterocycles. The number of nitrogens with one attached hydrogen (secondary N) is 2. The van der Waals surface area contributed by atoms with Crippen LogP contribution in [0.3, 0.4) is 0 Å². The SMILES string of the molecule is Nc1n[nH]cc1C(=O)NC[C@H]1CC[C@@H](Cc2ccccc2)CC1. The van der Waals surface area contributed by atoms with Gasteiger partial charge in [-0.1, -0.05) is 30.3 Å². The van der Waals surface area contributed by atoms with Gasteiger partial charge in [-0.05, 0) is 49.5 Å². The molecule has 4 N–H and O–H groups in total. The molecule has 0 spiro atoms. The minimum atomic E-state index is -0.136. The second-order valence-electron chi connectivity index (χ2n) is 6.47. The number of anilines is 1. The molecule has 1 aromatic heterocycles. The summed E-state index contributed by atoms with van der Waals surface area (Å²) in [6, 6.07) is 10.7. The highest BCUT2D eigenvalue weighted by atomic mass is 16.1. The van der Waals surface area contributed by atoms with Crippen molar-refractivity contribution in [3.05, 3.63) is 47.7 Å². The van der Waals surface area contributed by atoms with Crippen molar-refractivity contribution >= 4 is 11.7 Å². The molecular formula is C18H24N4O. The van der Waals surface area contributed by atoms with Gasteiger partial charge in [-0.2, -0.15) is 5.10 Å². The van der Waals surface area contributed by atoms with Crippen LogP contribution in [0.5, 0.6) is 0 Å². The summed E-state index contributed by atoms with van der Waals surface area (Å²) in [7, 11) is 0. The first kappa shape index (κ1) is 15.6. The first-order valence-corrected chi connectivity index (χ1v) is 8.33. The van der Waals surface area contributed by atoms with Crippen LogP contribution in [0.4, 0.5) is 5.82 Å². The van der Waals surface area contributed by atoms with E-state index in [0.29, 0.717) is 11.5 Å². The number of carbonyl (C=O) groups is 1. The highest BCUT2D eigenvalue weighted by Gasteiger charge is 2.22. The molecule has 1 aliphatic carbocycles. The van der Waals surface area contributed by atoms with Crippen LogP contribution in [0.25, 0.3) is 0 Å². The number of H-pyrrole nitrogens is 1. The number of nitrogens with two attached hydrogens (primary N) is 1. The highest BCUT2D eigenvalue weighted by molar-refractivity contribution is 5.98. The van der Waals surface area contributed by atoms with E-state index in [9.17, 15) is 4.79 Å². The van der Waals surface area contributed by atoms with E-state index in [4.69, 9.17) is 5.73 Å². The van der Waals surface area contributed by atoms with Crippen molar-refractivity contribution in [2.75, 3.05) is 12.3 Å². The van der Waals surface area contributed by atoms with Gasteiger partial charge < -0.3 is 11.1 Å². The molecule has 1 aliphatic rings. The number of amides is 1. The molecule has 0 unspecified atom stereocenters. The maximum absolute atomic E-state index is 12.0. The quantitative estimate of drug-likeness (QED) is 0.793. The molecule has 3 rings (SSSR count). The average Bonchev–Trinajstić information content (AvgIpc) is 3.01. The van der Waals surface area contributed by atoms with Crippen LogP contribution < -0.4 is 11.1 Å². The van der Waals surface area contributed by atoms with Crippen LogP contribution >= 0.6 is 0 Å². The van der Waals surface area contributed by atoms with Crippen LogP contribution in [0.15, 0.2) is 36.5 Å². The van der Waals surface area contributed by atoms with Gasteiger partial charge in [-0.25, -0.2) is 0 Å². The number of aromatic amines is 1. The molecule has 2 aromatic rings. The fourth-order valence-electron chi connectivity index (χ4n) is 3.40. The Morgan fingerprint density at radius 2 is 1.87 bits per heavy atom. The fraction of sp³-hybridized carbons (Fsp3) is 0.444. The summed E-state index contributed by atoms with van der Waals surface area (Å²) >= 11 is 0. The fourth-order valence-corrected chi connectivity index (χ4v) is 3.40. The second kappa shape index (κ2) is 7.31. The first-order valence-electron chi connectivity index (χ1n) is 8.33. The predicted molar refractivity (Wildman–Crippen MR) is 90.9 cm³/mol. The summed E-state index contributed by atoms with van der Waals surface area (Å²) < 4.78 is 0. The Labute approximate surface area is 136 Å². The van der Waals surface area contributed by atoms with Crippen molar-refractivity contribution in [1.29, 1.82) is 0 Å². The minimum absolute atomic E-state index is 0.136. The molecule has 23 heavy (non-hydrogen) atoms. The number of aromatic nitrogens is 2. The number of nitrogen functional groups attached to an aromatic ring is 1. The largest absolute Gasteiger partial charge is 0.382 e. The summed E-state index contributed by atoms with van der Waals surface area (Å²) in [5.74, 6) is 1.46. The summed E-state index contributed by atoms with van der Waals surface area (Å²) in [6.45, 7) is 0.724. The van der Waals surface area contributed by atoms with Gasteiger partial charge >= 0.3 is 0 Å². The van der Waals surface area contributed by atoms with E-state index in [1.54, 1.807) is 6.20 Å². The monoisotopic (exact) mass is 312 g/mol. The van der Waals surface area contributed by atoms with Gasteiger partial charge in [-0.15, -0.1) is 0 Å². The lowest BCUT2D eigenvalue weighted by atomic mass is 9.79. The van der Waals surface area contributed by atoms with Crippen LogP contribution in [-0.2, 0) is 6.42 Å². The number of carbonyl (C=O) groups excluding carboxylic acids is 1. The van der Waals surface area contributed by atoms with E-state index < -0.39 is 0 Å². The molecule has 5 heteroatoms. The zero-order valence-corrected chi connectivity index (χ0v) is 13.3. The highest BCUT2D eigenvalue weighted by Crippen LogP contribution is 2.30. The van der Waals surface area contributed by atoms with E-state index in [1.165, 1.54) is 37.7 Å². The molecule has 0 atom stereocenters. The van der Waals surface area contributed by atoms with Crippen molar-refractivity contribution in [2.45, 2.75) is 32.1 Å². The maximum Gasteiger partial charge on any atom is 0.256 e. The molecule has 0 aliphatic heterocycles. The molecule has 5 nitrogen and oxygen atoms in total. The van der Waals surface area contributed by atoms with Crippen molar-refractivity contribution in [3.8, 4) is 0 Å². The minimum Gasteiger partial charge on any atom is -0.382 e. The summed E-state index contributed by atoms with van der Waals surface area (Å²) in [5, 5.41) is 9.37. The number of hydrogen-bond acceptors (Lipinski definition) is 3. The third-order valence-electron chi connectivity index (χ3n) is 4.80. The average molecular weight is 312 g/mol. The van der Waals surface area contributed by atoms with Gasteiger partial charge in [0.25, 0.3) is 5.91 Å². The Bertz CT molecular complexity index is 629. The Balaban J connectivity index is 1.41. The van der Waals surface area contributed by atoms with Crippen LogP contribution in [-0.4, -0.2) is 22.6 Å². The standard InChI is InChI=1S/C18H24N4O/c19-17-16(12-21-22-17)18(23)20-11-15-8-6-14(7-9-15)10-13-4-2-1-3-5-13/h1-5,12,14-15H,6-11H2,(H,20,23)(H3,19,21,22)/t14-,15+.